The number of rotatable bonds is 7. The lowest BCUT2D eigenvalue weighted by atomic mass is 10.2. The van der Waals surface area contributed by atoms with Crippen molar-refractivity contribution in [2.24, 2.45) is 0 Å². The van der Waals surface area contributed by atoms with Crippen molar-refractivity contribution in [1.82, 2.24) is 0 Å². The molecule has 1 amide bonds. The Bertz CT molecular complexity index is 757. The lowest BCUT2D eigenvalue weighted by Crippen LogP contribution is -2.21. The topological polar surface area (TPSA) is 59.6 Å². The summed E-state index contributed by atoms with van der Waals surface area (Å²) in [6, 6.07) is 9.89. The van der Waals surface area contributed by atoms with Gasteiger partial charge in [-0.1, -0.05) is 15.9 Å². The number of benzene rings is 2. The molecule has 0 aliphatic heterocycles. The first-order chi connectivity index (χ1) is 11.9. The molecule has 8 heteroatoms. The van der Waals surface area contributed by atoms with Crippen LogP contribution in [0, 0.1) is 6.92 Å². The summed E-state index contributed by atoms with van der Waals surface area (Å²) in [5, 5.41) is 5.61. The standard InChI is InChI=1S/C17H17BrF2N2O3/c1-10-7-12(3-5-13(10)18)22-16(23)9-21-11-4-6-14(24-2)15(8-11)25-17(19)20/h3-8,17,21H,9H2,1-2H3,(H,22,23). The highest BCUT2D eigenvalue weighted by atomic mass is 79.9. The second kappa shape index (κ2) is 8.66. The molecule has 134 valence electrons. The first-order valence-electron chi connectivity index (χ1n) is 7.31. The summed E-state index contributed by atoms with van der Waals surface area (Å²) in [6.07, 6.45) is 0. The van der Waals surface area contributed by atoms with E-state index in [1.807, 2.05) is 19.1 Å². The fraction of sp³-hybridized carbons (Fsp3) is 0.235. The molecule has 2 aromatic carbocycles. The number of methoxy groups -OCH3 is 1. The zero-order chi connectivity index (χ0) is 18.4. The SMILES string of the molecule is COc1ccc(NCC(=O)Nc2ccc(Br)c(C)c2)cc1OC(F)F. The molecule has 0 aromatic heterocycles. The zero-order valence-electron chi connectivity index (χ0n) is 13.6. The average Bonchev–Trinajstić information content (AvgIpc) is 2.56. The van der Waals surface area contributed by atoms with Gasteiger partial charge in [0.15, 0.2) is 11.5 Å². The molecule has 2 N–H and O–H groups in total. The van der Waals surface area contributed by atoms with Crippen LogP contribution in [0.1, 0.15) is 5.56 Å². The molecule has 0 radical (unpaired) electrons. The monoisotopic (exact) mass is 414 g/mol. The summed E-state index contributed by atoms with van der Waals surface area (Å²) < 4.78 is 35.2. The quantitative estimate of drug-likeness (QED) is 0.703. The summed E-state index contributed by atoms with van der Waals surface area (Å²) in [7, 11) is 1.36. The maximum atomic E-state index is 12.4. The molecule has 0 unspecified atom stereocenters. The van der Waals surface area contributed by atoms with Crippen molar-refractivity contribution >= 4 is 33.2 Å². The van der Waals surface area contributed by atoms with Crippen LogP contribution < -0.4 is 20.1 Å². The van der Waals surface area contributed by atoms with Crippen molar-refractivity contribution in [3.05, 3.63) is 46.4 Å². The number of anilines is 2. The summed E-state index contributed by atoms with van der Waals surface area (Å²) >= 11 is 3.39. The van der Waals surface area contributed by atoms with Gasteiger partial charge in [0.1, 0.15) is 0 Å². The number of hydrogen-bond acceptors (Lipinski definition) is 4. The van der Waals surface area contributed by atoms with E-state index >= 15 is 0 Å². The fourth-order valence-corrected chi connectivity index (χ4v) is 2.33. The van der Waals surface area contributed by atoms with Gasteiger partial charge in [-0.3, -0.25) is 4.79 Å². The van der Waals surface area contributed by atoms with Crippen molar-refractivity contribution in [2.75, 3.05) is 24.3 Å². The third-order valence-corrected chi connectivity index (χ3v) is 4.16. The maximum absolute atomic E-state index is 12.4. The van der Waals surface area contributed by atoms with Crippen molar-refractivity contribution in [1.29, 1.82) is 0 Å². The number of alkyl halides is 2. The molecular weight excluding hydrogens is 398 g/mol. The number of carbonyl (C=O) groups is 1. The first-order valence-corrected chi connectivity index (χ1v) is 8.11. The summed E-state index contributed by atoms with van der Waals surface area (Å²) in [5.74, 6) is -0.194. The molecule has 2 aromatic rings. The largest absolute Gasteiger partial charge is 0.493 e. The van der Waals surface area contributed by atoms with Gasteiger partial charge in [0, 0.05) is 21.9 Å². The highest BCUT2D eigenvalue weighted by molar-refractivity contribution is 9.10. The number of ether oxygens (including phenoxy) is 2. The van der Waals surface area contributed by atoms with Crippen LogP contribution in [-0.2, 0) is 4.79 Å². The van der Waals surface area contributed by atoms with E-state index in [-0.39, 0.29) is 24.0 Å². The first kappa shape index (κ1) is 19.0. The molecule has 0 bridgehead atoms. The average molecular weight is 415 g/mol. The van der Waals surface area contributed by atoms with Crippen LogP contribution in [-0.4, -0.2) is 26.2 Å². The Balaban J connectivity index is 1.97. The van der Waals surface area contributed by atoms with E-state index in [4.69, 9.17) is 4.74 Å². The van der Waals surface area contributed by atoms with Gasteiger partial charge in [-0.25, -0.2) is 0 Å². The van der Waals surface area contributed by atoms with Crippen LogP contribution in [0.15, 0.2) is 40.9 Å². The minimum absolute atomic E-state index is 0.0322. The number of aryl methyl sites for hydroxylation is 1. The highest BCUT2D eigenvalue weighted by Gasteiger charge is 2.12. The van der Waals surface area contributed by atoms with Gasteiger partial charge >= 0.3 is 6.61 Å². The Morgan fingerprint density at radius 2 is 1.88 bits per heavy atom. The van der Waals surface area contributed by atoms with Gasteiger partial charge in [-0.05, 0) is 42.8 Å². The minimum atomic E-state index is -2.96. The smallest absolute Gasteiger partial charge is 0.387 e. The van der Waals surface area contributed by atoms with Gasteiger partial charge in [0.25, 0.3) is 0 Å². The van der Waals surface area contributed by atoms with Gasteiger partial charge in [0.05, 0.1) is 13.7 Å². The van der Waals surface area contributed by atoms with E-state index in [1.165, 1.54) is 19.2 Å². The van der Waals surface area contributed by atoms with Crippen molar-refractivity contribution in [3.63, 3.8) is 0 Å². The molecule has 0 atom stereocenters. The Morgan fingerprint density at radius 1 is 1.16 bits per heavy atom. The molecule has 0 heterocycles. The molecule has 0 spiro atoms. The summed E-state index contributed by atoms with van der Waals surface area (Å²) in [6.45, 7) is -1.08. The number of halogens is 3. The van der Waals surface area contributed by atoms with Gasteiger partial charge in [-0.15, -0.1) is 0 Å². The molecule has 0 fully saturated rings. The third-order valence-electron chi connectivity index (χ3n) is 3.27. The maximum Gasteiger partial charge on any atom is 0.387 e. The fourth-order valence-electron chi connectivity index (χ4n) is 2.08. The summed E-state index contributed by atoms with van der Waals surface area (Å²) in [5.41, 5.74) is 2.12. The van der Waals surface area contributed by atoms with Crippen LogP contribution in [0.3, 0.4) is 0 Å². The van der Waals surface area contributed by atoms with E-state index in [9.17, 15) is 13.6 Å². The molecule has 0 saturated carbocycles. The van der Waals surface area contributed by atoms with Crippen LogP contribution in [0.2, 0.25) is 0 Å². The van der Waals surface area contributed by atoms with Gasteiger partial charge in [0.2, 0.25) is 5.91 Å². The van der Waals surface area contributed by atoms with E-state index in [1.54, 1.807) is 12.1 Å². The molecule has 0 aliphatic carbocycles. The molecular formula is C17H17BrF2N2O3. The number of carbonyl (C=O) groups excluding carboxylic acids is 1. The van der Waals surface area contributed by atoms with Crippen molar-refractivity contribution < 1.29 is 23.0 Å². The number of hydrogen-bond donors (Lipinski definition) is 2. The van der Waals surface area contributed by atoms with Gasteiger partial charge in [-0.2, -0.15) is 8.78 Å². The van der Waals surface area contributed by atoms with Crippen molar-refractivity contribution in [2.45, 2.75) is 13.5 Å². The lowest BCUT2D eigenvalue weighted by molar-refractivity contribution is -0.114. The number of amides is 1. The second-order valence-electron chi connectivity index (χ2n) is 5.11. The number of nitrogens with one attached hydrogen (secondary N) is 2. The van der Waals surface area contributed by atoms with E-state index in [2.05, 4.69) is 31.3 Å². The normalized spacial score (nSPS) is 10.5. The van der Waals surface area contributed by atoms with Crippen LogP contribution in [0.4, 0.5) is 20.2 Å². The van der Waals surface area contributed by atoms with Gasteiger partial charge < -0.3 is 20.1 Å². The van der Waals surface area contributed by atoms with E-state index in [0.29, 0.717) is 11.4 Å². The van der Waals surface area contributed by atoms with E-state index < -0.39 is 6.61 Å². The highest BCUT2D eigenvalue weighted by Crippen LogP contribution is 2.31. The Labute approximate surface area is 152 Å². The predicted molar refractivity (Wildman–Crippen MR) is 95.6 cm³/mol. The Kier molecular flexibility index (Phi) is 6.58. The third kappa shape index (κ3) is 5.60. The molecule has 0 saturated heterocycles. The molecule has 2 rings (SSSR count). The van der Waals surface area contributed by atoms with E-state index in [0.717, 1.165) is 10.0 Å². The molecule has 25 heavy (non-hydrogen) atoms. The van der Waals surface area contributed by atoms with Crippen LogP contribution >= 0.6 is 15.9 Å². The zero-order valence-corrected chi connectivity index (χ0v) is 15.2. The predicted octanol–water partition coefficient (Wildman–Crippen LogP) is 4.42. The Morgan fingerprint density at radius 3 is 2.52 bits per heavy atom. The van der Waals surface area contributed by atoms with Crippen molar-refractivity contribution in [3.8, 4) is 11.5 Å². The van der Waals surface area contributed by atoms with Crippen LogP contribution in [0.5, 0.6) is 11.5 Å². The second-order valence-corrected chi connectivity index (χ2v) is 5.96. The molecule has 5 nitrogen and oxygen atoms in total. The minimum Gasteiger partial charge on any atom is -0.493 e. The Hall–Kier alpha value is -2.35. The lowest BCUT2D eigenvalue weighted by Gasteiger charge is -2.13. The molecule has 0 aliphatic rings. The summed E-state index contributed by atoms with van der Waals surface area (Å²) in [4.78, 5) is 12.0. The van der Waals surface area contributed by atoms with Crippen LogP contribution in [0.25, 0.3) is 0 Å².